The van der Waals surface area contributed by atoms with E-state index in [4.69, 9.17) is 9.47 Å². The predicted molar refractivity (Wildman–Crippen MR) is 99.0 cm³/mol. The number of hydrogen-bond acceptors (Lipinski definition) is 8. The monoisotopic (exact) mass is 365 g/mol. The Labute approximate surface area is 154 Å². The first kappa shape index (κ1) is 16.6. The van der Waals surface area contributed by atoms with E-state index in [0.717, 1.165) is 5.69 Å². The Morgan fingerprint density at radius 2 is 1.89 bits per heavy atom. The zero-order chi connectivity index (χ0) is 18.8. The summed E-state index contributed by atoms with van der Waals surface area (Å²) >= 11 is 0. The molecule has 0 atom stereocenters. The van der Waals surface area contributed by atoms with E-state index < -0.39 is 4.92 Å². The van der Waals surface area contributed by atoms with Gasteiger partial charge in [0.15, 0.2) is 11.5 Å². The van der Waals surface area contributed by atoms with Crippen molar-refractivity contribution in [2.45, 2.75) is 0 Å². The number of benzene rings is 2. The maximum Gasteiger partial charge on any atom is 0.354 e. The van der Waals surface area contributed by atoms with Gasteiger partial charge in [-0.15, -0.1) is 0 Å². The molecule has 2 heterocycles. The molecule has 9 heteroatoms. The van der Waals surface area contributed by atoms with Crippen molar-refractivity contribution in [3.05, 3.63) is 65.0 Å². The third-order valence-electron chi connectivity index (χ3n) is 4.08. The quantitative estimate of drug-likeness (QED) is 0.540. The Morgan fingerprint density at radius 1 is 1.11 bits per heavy atom. The van der Waals surface area contributed by atoms with E-state index >= 15 is 0 Å². The Balaban J connectivity index is 1.72. The van der Waals surface area contributed by atoms with Crippen LogP contribution in [0.2, 0.25) is 0 Å². The van der Waals surface area contributed by atoms with Gasteiger partial charge in [-0.1, -0.05) is 18.2 Å². The van der Waals surface area contributed by atoms with E-state index in [1.165, 1.54) is 6.33 Å². The smallest absolute Gasteiger partial charge is 0.354 e. The second-order valence-corrected chi connectivity index (χ2v) is 5.74. The van der Waals surface area contributed by atoms with Gasteiger partial charge in [0.1, 0.15) is 6.33 Å². The Kier molecular flexibility index (Phi) is 4.17. The maximum absolute atomic E-state index is 11.8. The first-order chi connectivity index (χ1) is 13.1. The number of nitro groups is 1. The normalized spacial score (nSPS) is 11.9. The summed E-state index contributed by atoms with van der Waals surface area (Å²) in [4.78, 5) is 21.1. The molecule has 0 amide bonds. The Hall–Kier alpha value is -3.88. The van der Waals surface area contributed by atoms with Gasteiger partial charge >= 0.3 is 5.69 Å². The standard InChI is InChI=1S/C18H15N5O4/c1-22(13-5-3-2-4-6-13)18-16(23(24)25)17(19-10-20-18)21-12-7-8-14-15(9-12)27-11-26-14/h2-10H,11H2,1H3,(H,19,20,21). The largest absolute Gasteiger partial charge is 0.454 e. The summed E-state index contributed by atoms with van der Waals surface area (Å²) in [7, 11) is 1.72. The highest BCUT2D eigenvalue weighted by molar-refractivity contribution is 5.78. The lowest BCUT2D eigenvalue weighted by atomic mass is 10.2. The van der Waals surface area contributed by atoms with Crippen LogP contribution in [0.3, 0.4) is 0 Å². The second kappa shape index (κ2) is 6.79. The van der Waals surface area contributed by atoms with Crippen molar-refractivity contribution in [3.63, 3.8) is 0 Å². The molecule has 2 aromatic carbocycles. The fourth-order valence-corrected chi connectivity index (χ4v) is 2.76. The average molecular weight is 365 g/mol. The summed E-state index contributed by atoms with van der Waals surface area (Å²) in [5.74, 6) is 1.47. The average Bonchev–Trinajstić information content (AvgIpc) is 3.15. The van der Waals surface area contributed by atoms with Crippen LogP contribution in [0.15, 0.2) is 54.9 Å². The summed E-state index contributed by atoms with van der Waals surface area (Å²) < 4.78 is 10.6. The van der Waals surface area contributed by atoms with Crippen LogP contribution in [0.4, 0.5) is 28.7 Å². The van der Waals surface area contributed by atoms with E-state index in [9.17, 15) is 10.1 Å². The van der Waals surface area contributed by atoms with Crippen LogP contribution in [-0.4, -0.2) is 28.7 Å². The minimum absolute atomic E-state index is 0.0895. The van der Waals surface area contributed by atoms with Crippen molar-refractivity contribution >= 4 is 28.7 Å². The number of nitrogens with zero attached hydrogens (tertiary/aromatic N) is 4. The topological polar surface area (TPSA) is 103 Å². The highest BCUT2D eigenvalue weighted by Crippen LogP contribution is 2.38. The van der Waals surface area contributed by atoms with Crippen molar-refractivity contribution < 1.29 is 14.4 Å². The zero-order valence-electron chi connectivity index (χ0n) is 14.3. The van der Waals surface area contributed by atoms with Crippen LogP contribution in [0.1, 0.15) is 0 Å². The molecule has 0 radical (unpaired) electrons. The highest BCUT2D eigenvalue weighted by atomic mass is 16.7. The third-order valence-corrected chi connectivity index (χ3v) is 4.08. The molecule has 0 aliphatic carbocycles. The first-order valence-corrected chi connectivity index (χ1v) is 8.08. The number of ether oxygens (including phenoxy) is 2. The molecule has 0 spiro atoms. The summed E-state index contributed by atoms with van der Waals surface area (Å²) in [5, 5.41) is 14.7. The Morgan fingerprint density at radius 3 is 2.67 bits per heavy atom. The van der Waals surface area contributed by atoms with Gasteiger partial charge in [0.2, 0.25) is 18.4 Å². The van der Waals surface area contributed by atoms with E-state index in [1.54, 1.807) is 30.1 Å². The van der Waals surface area contributed by atoms with Crippen LogP contribution in [0.5, 0.6) is 11.5 Å². The van der Waals surface area contributed by atoms with Gasteiger partial charge in [-0.3, -0.25) is 10.1 Å². The predicted octanol–water partition coefficient (Wildman–Crippen LogP) is 3.63. The lowest BCUT2D eigenvalue weighted by Crippen LogP contribution is -2.15. The Bertz CT molecular complexity index is 996. The fourth-order valence-electron chi connectivity index (χ4n) is 2.76. The highest BCUT2D eigenvalue weighted by Gasteiger charge is 2.26. The third kappa shape index (κ3) is 3.17. The minimum Gasteiger partial charge on any atom is -0.454 e. The number of fused-ring (bicyclic) bond motifs is 1. The number of aromatic nitrogens is 2. The fraction of sp³-hybridized carbons (Fsp3) is 0.111. The van der Waals surface area contributed by atoms with E-state index in [-0.39, 0.29) is 24.1 Å². The first-order valence-electron chi connectivity index (χ1n) is 8.08. The van der Waals surface area contributed by atoms with Gasteiger partial charge in [0, 0.05) is 24.5 Å². The zero-order valence-corrected chi connectivity index (χ0v) is 14.3. The molecule has 4 rings (SSSR count). The summed E-state index contributed by atoms with van der Waals surface area (Å²) in [6.07, 6.45) is 1.29. The second-order valence-electron chi connectivity index (χ2n) is 5.74. The number of nitrogens with one attached hydrogen (secondary N) is 1. The molecule has 0 fully saturated rings. The van der Waals surface area contributed by atoms with E-state index in [1.807, 2.05) is 30.3 Å². The molecule has 136 valence electrons. The molecule has 0 saturated carbocycles. The summed E-state index contributed by atoms with van der Waals surface area (Å²) in [5.41, 5.74) is 1.14. The molecular weight excluding hydrogens is 350 g/mol. The number of rotatable bonds is 5. The van der Waals surface area contributed by atoms with Crippen LogP contribution in [-0.2, 0) is 0 Å². The van der Waals surface area contributed by atoms with Crippen molar-refractivity contribution in [1.29, 1.82) is 0 Å². The number of para-hydroxylation sites is 1. The molecule has 3 aromatic rings. The molecule has 0 unspecified atom stereocenters. The van der Waals surface area contributed by atoms with Crippen LogP contribution < -0.4 is 19.7 Å². The van der Waals surface area contributed by atoms with Crippen LogP contribution in [0, 0.1) is 10.1 Å². The maximum atomic E-state index is 11.8. The van der Waals surface area contributed by atoms with Crippen molar-refractivity contribution in [3.8, 4) is 11.5 Å². The molecule has 1 aliphatic rings. The van der Waals surface area contributed by atoms with Gasteiger partial charge in [-0.2, -0.15) is 0 Å². The summed E-state index contributed by atoms with van der Waals surface area (Å²) in [6.45, 7) is 0.151. The van der Waals surface area contributed by atoms with E-state index in [2.05, 4.69) is 15.3 Å². The van der Waals surface area contributed by atoms with Crippen LogP contribution >= 0.6 is 0 Å². The summed E-state index contributed by atoms with van der Waals surface area (Å²) in [6, 6.07) is 14.4. The lowest BCUT2D eigenvalue weighted by Gasteiger charge is -2.18. The minimum atomic E-state index is -0.496. The van der Waals surface area contributed by atoms with Gasteiger partial charge in [-0.05, 0) is 24.3 Å². The molecule has 9 nitrogen and oxygen atoms in total. The van der Waals surface area contributed by atoms with Crippen molar-refractivity contribution in [2.24, 2.45) is 0 Å². The number of hydrogen-bond donors (Lipinski definition) is 1. The van der Waals surface area contributed by atoms with Crippen LogP contribution in [0.25, 0.3) is 0 Å². The molecule has 27 heavy (non-hydrogen) atoms. The molecule has 1 aliphatic heterocycles. The molecule has 1 aromatic heterocycles. The van der Waals surface area contributed by atoms with Crippen molar-refractivity contribution in [2.75, 3.05) is 24.1 Å². The molecular formula is C18H15N5O4. The van der Waals surface area contributed by atoms with E-state index in [0.29, 0.717) is 17.2 Å². The molecule has 0 bridgehead atoms. The van der Waals surface area contributed by atoms with Gasteiger partial charge in [0.05, 0.1) is 4.92 Å². The number of anilines is 4. The molecule has 0 saturated heterocycles. The van der Waals surface area contributed by atoms with Gasteiger partial charge in [0.25, 0.3) is 0 Å². The van der Waals surface area contributed by atoms with Gasteiger partial charge < -0.3 is 19.7 Å². The lowest BCUT2D eigenvalue weighted by molar-refractivity contribution is -0.383. The van der Waals surface area contributed by atoms with Crippen molar-refractivity contribution in [1.82, 2.24) is 9.97 Å². The van der Waals surface area contributed by atoms with Gasteiger partial charge in [-0.25, -0.2) is 9.97 Å². The molecule has 1 N–H and O–H groups in total. The SMILES string of the molecule is CN(c1ccccc1)c1ncnc(Nc2ccc3c(c2)OCO3)c1[N+](=O)[O-].